The molecule has 0 aliphatic rings. The largest absolute Gasteiger partial charge is 0.414 e. The van der Waals surface area contributed by atoms with Gasteiger partial charge in [0, 0.05) is 7.11 Å². The fraction of sp³-hybridized carbons (Fsp3) is 1.00. The van der Waals surface area contributed by atoms with Gasteiger partial charge >= 0.3 is 0 Å². The van der Waals surface area contributed by atoms with E-state index < -0.39 is 8.32 Å². The quantitative estimate of drug-likeness (QED) is 0.655. The first-order chi connectivity index (χ1) is 5.70. The zero-order chi connectivity index (χ0) is 10.7. The Kier molecular flexibility index (Phi) is 4.62. The van der Waals surface area contributed by atoms with Crippen molar-refractivity contribution in [2.45, 2.75) is 51.9 Å². The second-order valence-corrected chi connectivity index (χ2v) is 9.93. The minimum atomic E-state index is -1.56. The highest BCUT2D eigenvalue weighted by molar-refractivity contribution is 6.74. The molecule has 0 aliphatic heterocycles. The van der Waals surface area contributed by atoms with Crippen molar-refractivity contribution in [2.24, 2.45) is 0 Å². The molecule has 1 atom stereocenters. The Labute approximate surface area is 83.8 Å². The van der Waals surface area contributed by atoms with Crippen LogP contribution in [0.2, 0.25) is 18.1 Å². The van der Waals surface area contributed by atoms with Gasteiger partial charge in [-0.3, -0.25) is 0 Å². The lowest BCUT2D eigenvalue weighted by molar-refractivity contribution is 0.0664. The van der Waals surface area contributed by atoms with E-state index in [1.54, 1.807) is 7.11 Å². The molecule has 80 valence electrons. The molecule has 0 heterocycles. The Morgan fingerprint density at radius 3 is 2.00 bits per heavy atom. The van der Waals surface area contributed by atoms with E-state index in [9.17, 15) is 0 Å². The summed E-state index contributed by atoms with van der Waals surface area (Å²) in [5.74, 6) is 0. The molecule has 0 spiro atoms. The zero-order valence-electron chi connectivity index (χ0n) is 10.1. The van der Waals surface area contributed by atoms with Gasteiger partial charge < -0.3 is 9.16 Å². The molecule has 0 saturated carbocycles. The second kappa shape index (κ2) is 4.58. The van der Waals surface area contributed by atoms with Gasteiger partial charge in [0.25, 0.3) is 0 Å². The molecule has 0 amide bonds. The molecule has 0 saturated heterocycles. The normalized spacial score (nSPS) is 15.9. The molecule has 0 aliphatic carbocycles. The summed E-state index contributed by atoms with van der Waals surface area (Å²) in [7, 11) is 0.158. The lowest BCUT2D eigenvalue weighted by Gasteiger charge is -2.36. The van der Waals surface area contributed by atoms with Gasteiger partial charge in [0.2, 0.25) is 0 Å². The van der Waals surface area contributed by atoms with Crippen LogP contribution in [0.15, 0.2) is 0 Å². The van der Waals surface area contributed by atoms with Crippen LogP contribution in [0.1, 0.15) is 27.7 Å². The predicted molar refractivity (Wildman–Crippen MR) is 59.6 cm³/mol. The Morgan fingerprint density at radius 1 is 1.23 bits per heavy atom. The van der Waals surface area contributed by atoms with E-state index in [4.69, 9.17) is 9.16 Å². The van der Waals surface area contributed by atoms with Gasteiger partial charge in [-0.1, -0.05) is 20.8 Å². The minimum Gasteiger partial charge on any atom is -0.414 e. The Balaban J connectivity index is 4.04. The number of methoxy groups -OCH3 is 1. The van der Waals surface area contributed by atoms with Gasteiger partial charge in [0.1, 0.15) is 0 Å². The van der Waals surface area contributed by atoms with Crippen molar-refractivity contribution < 1.29 is 9.16 Å². The average Bonchev–Trinajstić information content (AvgIpc) is 1.98. The number of hydrogen-bond acceptors (Lipinski definition) is 2. The lowest BCUT2D eigenvalue weighted by atomic mass is 10.2. The summed E-state index contributed by atoms with van der Waals surface area (Å²) >= 11 is 0. The molecule has 0 aromatic carbocycles. The number of hydrogen-bond donors (Lipinski definition) is 0. The van der Waals surface area contributed by atoms with Crippen molar-refractivity contribution in [3.8, 4) is 0 Å². The molecule has 0 bridgehead atoms. The Hall–Kier alpha value is 0.137. The van der Waals surface area contributed by atoms with E-state index in [1.165, 1.54) is 0 Å². The van der Waals surface area contributed by atoms with Crippen LogP contribution in [0.25, 0.3) is 0 Å². The molecule has 3 heteroatoms. The lowest BCUT2D eigenvalue weighted by Crippen LogP contribution is -2.42. The highest BCUT2D eigenvalue weighted by atomic mass is 28.4. The summed E-state index contributed by atoms with van der Waals surface area (Å²) in [4.78, 5) is 0. The summed E-state index contributed by atoms with van der Waals surface area (Å²) in [6.07, 6.45) is 0.203. The molecular weight excluding hydrogens is 180 g/mol. The van der Waals surface area contributed by atoms with Crippen LogP contribution in [0, 0.1) is 0 Å². The molecule has 2 nitrogen and oxygen atoms in total. The van der Waals surface area contributed by atoms with E-state index >= 15 is 0 Å². The van der Waals surface area contributed by atoms with E-state index in [-0.39, 0.29) is 6.10 Å². The van der Waals surface area contributed by atoms with Gasteiger partial charge in [0.05, 0.1) is 12.7 Å². The van der Waals surface area contributed by atoms with Crippen molar-refractivity contribution in [3.05, 3.63) is 0 Å². The van der Waals surface area contributed by atoms with Crippen LogP contribution in [0.4, 0.5) is 0 Å². The summed E-state index contributed by atoms with van der Waals surface area (Å²) in [5, 5.41) is 0.292. The maximum atomic E-state index is 5.96. The van der Waals surface area contributed by atoms with E-state index in [0.29, 0.717) is 11.6 Å². The van der Waals surface area contributed by atoms with Gasteiger partial charge in [-0.05, 0) is 25.1 Å². The summed E-state index contributed by atoms with van der Waals surface area (Å²) in [6, 6.07) is 0. The maximum Gasteiger partial charge on any atom is 0.192 e. The first-order valence-electron chi connectivity index (χ1n) is 4.87. The second-order valence-electron chi connectivity index (χ2n) is 5.12. The summed E-state index contributed by atoms with van der Waals surface area (Å²) < 4.78 is 11.1. The van der Waals surface area contributed by atoms with Crippen molar-refractivity contribution >= 4 is 8.32 Å². The third-order valence-electron chi connectivity index (χ3n) is 2.89. The first kappa shape index (κ1) is 13.1. The Bertz CT molecular complexity index is 149. The van der Waals surface area contributed by atoms with Crippen molar-refractivity contribution in [3.63, 3.8) is 0 Å². The molecule has 0 unspecified atom stereocenters. The van der Waals surface area contributed by atoms with Gasteiger partial charge in [-0.2, -0.15) is 0 Å². The molecular formula is C10H24O2Si. The fourth-order valence-electron chi connectivity index (χ4n) is 0.610. The van der Waals surface area contributed by atoms with Crippen molar-refractivity contribution in [1.82, 2.24) is 0 Å². The van der Waals surface area contributed by atoms with Gasteiger partial charge in [-0.25, -0.2) is 0 Å². The third kappa shape index (κ3) is 4.25. The van der Waals surface area contributed by atoms with E-state index in [0.717, 1.165) is 0 Å². The minimum absolute atomic E-state index is 0.203. The molecule has 0 rings (SSSR count). The fourth-order valence-corrected chi connectivity index (χ4v) is 1.69. The van der Waals surface area contributed by atoms with Crippen molar-refractivity contribution in [2.75, 3.05) is 13.7 Å². The molecule has 0 aromatic heterocycles. The monoisotopic (exact) mass is 204 g/mol. The van der Waals surface area contributed by atoms with Crippen LogP contribution in [-0.4, -0.2) is 28.1 Å². The van der Waals surface area contributed by atoms with Crippen LogP contribution in [-0.2, 0) is 9.16 Å². The van der Waals surface area contributed by atoms with Crippen LogP contribution in [0.3, 0.4) is 0 Å². The van der Waals surface area contributed by atoms with Crippen molar-refractivity contribution in [1.29, 1.82) is 0 Å². The zero-order valence-corrected chi connectivity index (χ0v) is 11.1. The molecule has 13 heavy (non-hydrogen) atoms. The maximum absolute atomic E-state index is 5.96. The highest BCUT2D eigenvalue weighted by Gasteiger charge is 2.37. The molecule has 0 radical (unpaired) electrons. The molecule has 0 aromatic rings. The smallest absolute Gasteiger partial charge is 0.192 e. The predicted octanol–water partition coefficient (Wildman–Crippen LogP) is 3.04. The van der Waals surface area contributed by atoms with E-state index in [2.05, 4.69) is 33.9 Å². The molecule has 0 N–H and O–H groups in total. The highest BCUT2D eigenvalue weighted by Crippen LogP contribution is 2.36. The third-order valence-corrected chi connectivity index (χ3v) is 7.39. The average molecular weight is 204 g/mol. The van der Waals surface area contributed by atoms with Crippen LogP contribution in [0.5, 0.6) is 0 Å². The van der Waals surface area contributed by atoms with Gasteiger partial charge in [0.15, 0.2) is 8.32 Å². The van der Waals surface area contributed by atoms with Crippen LogP contribution < -0.4 is 0 Å². The van der Waals surface area contributed by atoms with Crippen LogP contribution >= 0.6 is 0 Å². The van der Waals surface area contributed by atoms with E-state index in [1.807, 2.05) is 6.92 Å². The molecule has 0 fully saturated rings. The summed E-state index contributed by atoms with van der Waals surface area (Å²) in [6.45, 7) is 14.0. The number of ether oxygens (including phenoxy) is 1. The first-order valence-corrected chi connectivity index (χ1v) is 7.78. The topological polar surface area (TPSA) is 18.5 Å². The SMILES string of the molecule is CO[C@H](C)CO[Si](C)(C)C(C)(C)C. The standard InChI is InChI=1S/C10H24O2Si/c1-9(11-5)8-12-13(6,7)10(2,3)4/h9H,8H2,1-7H3/t9-/m1/s1. The summed E-state index contributed by atoms with van der Waals surface area (Å²) in [5.41, 5.74) is 0. The van der Waals surface area contributed by atoms with Gasteiger partial charge in [-0.15, -0.1) is 0 Å². The number of rotatable bonds is 4. The Morgan fingerprint density at radius 2 is 1.69 bits per heavy atom.